The van der Waals surface area contributed by atoms with Crippen LogP contribution in [-0.2, 0) is 6.18 Å². The van der Waals surface area contributed by atoms with Gasteiger partial charge >= 0.3 is 6.18 Å². The van der Waals surface area contributed by atoms with Gasteiger partial charge in [-0.05, 0) is 36.8 Å². The molecule has 0 aromatic heterocycles. The van der Waals surface area contributed by atoms with Crippen LogP contribution in [-0.4, -0.2) is 17.5 Å². The minimum absolute atomic E-state index is 0.148. The van der Waals surface area contributed by atoms with Crippen LogP contribution in [0, 0.1) is 0 Å². The zero-order valence-corrected chi connectivity index (χ0v) is 10.9. The van der Waals surface area contributed by atoms with E-state index in [0.717, 1.165) is 35.6 Å². The summed E-state index contributed by atoms with van der Waals surface area (Å²) in [6.07, 6.45) is -3.15. The molecular formula is C13H16F3NS. The average molecular weight is 275 g/mol. The third-order valence-electron chi connectivity index (χ3n) is 3.11. The SMILES string of the molecule is CC1CCSCC(c2ccc(C(F)(F)F)cc2)N1. The molecule has 0 saturated carbocycles. The van der Waals surface area contributed by atoms with E-state index in [9.17, 15) is 13.2 Å². The number of thioether (sulfide) groups is 1. The second-order valence-electron chi connectivity index (χ2n) is 4.60. The second-order valence-corrected chi connectivity index (χ2v) is 5.75. The van der Waals surface area contributed by atoms with Gasteiger partial charge in [-0.3, -0.25) is 0 Å². The van der Waals surface area contributed by atoms with Crippen molar-refractivity contribution in [2.24, 2.45) is 0 Å². The first-order valence-electron chi connectivity index (χ1n) is 5.98. The number of nitrogens with one attached hydrogen (secondary N) is 1. The largest absolute Gasteiger partial charge is 0.416 e. The van der Waals surface area contributed by atoms with E-state index in [1.807, 2.05) is 11.8 Å². The molecule has 0 radical (unpaired) electrons. The normalized spacial score (nSPS) is 25.8. The van der Waals surface area contributed by atoms with Crippen LogP contribution in [0.1, 0.15) is 30.5 Å². The van der Waals surface area contributed by atoms with E-state index < -0.39 is 11.7 Å². The van der Waals surface area contributed by atoms with Crippen LogP contribution in [0.5, 0.6) is 0 Å². The molecule has 18 heavy (non-hydrogen) atoms. The van der Waals surface area contributed by atoms with Crippen LogP contribution in [0.15, 0.2) is 24.3 Å². The lowest BCUT2D eigenvalue weighted by molar-refractivity contribution is -0.137. The van der Waals surface area contributed by atoms with Crippen LogP contribution < -0.4 is 5.32 Å². The Morgan fingerprint density at radius 1 is 1.22 bits per heavy atom. The van der Waals surface area contributed by atoms with Crippen molar-refractivity contribution in [3.63, 3.8) is 0 Å². The van der Waals surface area contributed by atoms with Crippen molar-refractivity contribution in [2.75, 3.05) is 11.5 Å². The monoisotopic (exact) mass is 275 g/mol. The third kappa shape index (κ3) is 3.42. The summed E-state index contributed by atoms with van der Waals surface area (Å²) in [5.41, 5.74) is 0.352. The number of alkyl halides is 3. The fourth-order valence-electron chi connectivity index (χ4n) is 2.03. The number of hydrogen-bond acceptors (Lipinski definition) is 2. The maximum Gasteiger partial charge on any atom is 0.416 e. The van der Waals surface area contributed by atoms with Gasteiger partial charge in [-0.2, -0.15) is 24.9 Å². The van der Waals surface area contributed by atoms with Crippen LogP contribution in [0.3, 0.4) is 0 Å². The minimum atomic E-state index is -4.25. The zero-order chi connectivity index (χ0) is 13.2. The fourth-order valence-corrected chi connectivity index (χ4v) is 3.24. The number of rotatable bonds is 1. The summed E-state index contributed by atoms with van der Waals surface area (Å²) >= 11 is 1.85. The van der Waals surface area contributed by atoms with Crippen LogP contribution in [0.2, 0.25) is 0 Å². The minimum Gasteiger partial charge on any atom is -0.307 e. The molecule has 100 valence electrons. The van der Waals surface area contributed by atoms with Gasteiger partial charge in [-0.15, -0.1) is 0 Å². The Labute approximate surface area is 109 Å². The molecule has 1 aromatic carbocycles. The van der Waals surface area contributed by atoms with E-state index in [-0.39, 0.29) is 6.04 Å². The number of hydrogen-bond donors (Lipinski definition) is 1. The van der Waals surface area contributed by atoms with Gasteiger partial charge in [0.15, 0.2) is 0 Å². The molecule has 2 rings (SSSR count). The topological polar surface area (TPSA) is 12.0 Å². The van der Waals surface area contributed by atoms with Gasteiger partial charge in [0.25, 0.3) is 0 Å². The molecule has 0 aliphatic carbocycles. The molecule has 1 fully saturated rings. The van der Waals surface area contributed by atoms with Crippen LogP contribution >= 0.6 is 11.8 Å². The summed E-state index contributed by atoms with van der Waals surface area (Å²) in [7, 11) is 0. The highest BCUT2D eigenvalue weighted by Crippen LogP contribution is 2.31. The standard InChI is InChI=1S/C13H16F3NS/c1-9-6-7-18-8-12(17-9)10-2-4-11(5-3-10)13(14,15)16/h2-5,9,12,17H,6-8H2,1H3. The van der Waals surface area contributed by atoms with Crippen molar-refractivity contribution in [1.29, 1.82) is 0 Å². The molecule has 5 heteroatoms. The van der Waals surface area contributed by atoms with Gasteiger partial charge in [0.1, 0.15) is 0 Å². The Morgan fingerprint density at radius 3 is 2.50 bits per heavy atom. The second kappa shape index (κ2) is 5.53. The molecule has 1 heterocycles. The molecule has 1 aliphatic heterocycles. The van der Waals surface area contributed by atoms with Crippen LogP contribution in [0.4, 0.5) is 13.2 Å². The van der Waals surface area contributed by atoms with Gasteiger partial charge in [0, 0.05) is 17.8 Å². The van der Waals surface area contributed by atoms with Gasteiger partial charge in [-0.25, -0.2) is 0 Å². The van der Waals surface area contributed by atoms with Crippen molar-refractivity contribution in [2.45, 2.75) is 31.6 Å². The number of halogens is 3. The summed E-state index contributed by atoms with van der Waals surface area (Å²) in [6.45, 7) is 2.11. The summed E-state index contributed by atoms with van der Waals surface area (Å²) in [5, 5.41) is 3.45. The molecule has 0 bridgehead atoms. The Bertz CT molecular complexity index is 388. The van der Waals surface area contributed by atoms with Crippen molar-refractivity contribution in [1.82, 2.24) is 5.32 Å². The molecule has 1 saturated heterocycles. The van der Waals surface area contributed by atoms with Gasteiger partial charge in [0.05, 0.1) is 5.56 Å². The molecule has 1 N–H and O–H groups in total. The summed E-state index contributed by atoms with van der Waals surface area (Å²) in [5.74, 6) is 2.01. The summed E-state index contributed by atoms with van der Waals surface area (Å²) < 4.78 is 37.4. The molecule has 0 spiro atoms. The molecule has 1 aliphatic rings. The lowest BCUT2D eigenvalue weighted by Gasteiger charge is -2.20. The van der Waals surface area contributed by atoms with Gasteiger partial charge in [-0.1, -0.05) is 12.1 Å². The lowest BCUT2D eigenvalue weighted by atomic mass is 10.0. The van der Waals surface area contributed by atoms with Crippen molar-refractivity contribution in [3.8, 4) is 0 Å². The van der Waals surface area contributed by atoms with E-state index in [4.69, 9.17) is 0 Å². The summed E-state index contributed by atoms with van der Waals surface area (Å²) in [4.78, 5) is 0. The molecule has 0 amide bonds. The Morgan fingerprint density at radius 2 is 1.89 bits per heavy atom. The maximum absolute atomic E-state index is 12.5. The quantitative estimate of drug-likeness (QED) is 0.835. The van der Waals surface area contributed by atoms with Crippen molar-refractivity contribution < 1.29 is 13.2 Å². The molecular weight excluding hydrogens is 259 g/mol. The van der Waals surface area contributed by atoms with Gasteiger partial charge < -0.3 is 5.32 Å². The maximum atomic E-state index is 12.5. The summed E-state index contributed by atoms with van der Waals surface area (Å²) in [6, 6.07) is 6.05. The highest BCUT2D eigenvalue weighted by molar-refractivity contribution is 7.99. The van der Waals surface area contributed by atoms with E-state index in [1.54, 1.807) is 12.1 Å². The predicted octanol–water partition coefficient (Wildman–Crippen LogP) is 3.86. The smallest absolute Gasteiger partial charge is 0.307 e. The Hall–Kier alpha value is -0.680. The third-order valence-corrected chi connectivity index (χ3v) is 4.20. The molecule has 2 unspecified atom stereocenters. The first-order chi connectivity index (χ1) is 8.47. The first kappa shape index (κ1) is 13.7. The molecule has 1 aromatic rings. The van der Waals surface area contributed by atoms with Crippen molar-refractivity contribution in [3.05, 3.63) is 35.4 Å². The fraction of sp³-hybridized carbons (Fsp3) is 0.538. The molecule has 2 atom stereocenters. The number of benzene rings is 1. The first-order valence-corrected chi connectivity index (χ1v) is 7.13. The van der Waals surface area contributed by atoms with E-state index in [0.29, 0.717) is 6.04 Å². The van der Waals surface area contributed by atoms with E-state index in [1.165, 1.54) is 0 Å². The predicted molar refractivity (Wildman–Crippen MR) is 68.7 cm³/mol. The highest BCUT2D eigenvalue weighted by Gasteiger charge is 2.30. The van der Waals surface area contributed by atoms with Crippen LogP contribution in [0.25, 0.3) is 0 Å². The Balaban J connectivity index is 2.13. The van der Waals surface area contributed by atoms with E-state index in [2.05, 4.69) is 12.2 Å². The van der Waals surface area contributed by atoms with Gasteiger partial charge in [0.2, 0.25) is 0 Å². The van der Waals surface area contributed by atoms with E-state index >= 15 is 0 Å². The van der Waals surface area contributed by atoms with Crippen molar-refractivity contribution >= 4 is 11.8 Å². The zero-order valence-electron chi connectivity index (χ0n) is 10.1. The molecule has 1 nitrogen and oxygen atoms in total. The highest BCUT2D eigenvalue weighted by atomic mass is 32.2. The Kier molecular flexibility index (Phi) is 4.22. The average Bonchev–Trinajstić information content (AvgIpc) is 2.53. The lowest BCUT2D eigenvalue weighted by Crippen LogP contribution is -2.30.